The fourth-order valence-electron chi connectivity index (χ4n) is 4.43. The lowest BCUT2D eigenvalue weighted by Crippen LogP contribution is -2.46. The van der Waals surface area contributed by atoms with Crippen molar-refractivity contribution in [2.75, 3.05) is 38.2 Å². The molecule has 2 aliphatic heterocycles. The number of urea groups is 1. The highest BCUT2D eigenvalue weighted by Gasteiger charge is 2.27. The van der Waals surface area contributed by atoms with Gasteiger partial charge in [-0.15, -0.1) is 0 Å². The molecule has 178 valence electrons. The number of benzene rings is 1. The number of hydrogen-bond acceptors (Lipinski definition) is 5. The van der Waals surface area contributed by atoms with Crippen LogP contribution in [0.25, 0.3) is 22.3 Å². The van der Waals surface area contributed by atoms with Crippen molar-refractivity contribution < 1.29 is 19.4 Å². The van der Waals surface area contributed by atoms with Crippen LogP contribution in [0.4, 0.5) is 15.5 Å². The number of nitrogens with zero attached hydrogens (tertiary/aromatic N) is 5. The normalized spacial score (nSPS) is 16.6. The van der Waals surface area contributed by atoms with Crippen LogP contribution < -0.4 is 9.64 Å². The summed E-state index contributed by atoms with van der Waals surface area (Å²) < 4.78 is 5.94. The van der Waals surface area contributed by atoms with Crippen LogP contribution in [0.3, 0.4) is 0 Å². The number of nitrogens with one attached hydrogen (secondary N) is 1. The van der Waals surface area contributed by atoms with Crippen LogP contribution in [0.5, 0.6) is 5.75 Å². The van der Waals surface area contributed by atoms with Crippen LogP contribution in [-0.2, 0) is 6.54 Å². The van der Waals surface area contributed by atoms with Crippen LogP contribution in [0, 0.1) is 5.92 Å². The summed E-state index contributed by atoms with van der Waals surface area (Å²) >= 11 is 0. The lowest BCUT2D eigenvalue weighted by atomic mass is 9.99. The molecule has 0 atom stereocenters. The number of ether oxygens (including phenoxy) is 1. The number of hydrogen-bond donors (Lipinski definition) is 2. The molecule has 3 amide bonds. The second-order valence-corrected chi connectivity index (χ2v) is 9.04. The van der Waals surface area contributed by atoms with Gasteiger partial charge in [-0.3, -0.25) is 4.90 Å². The number of rotatable bonds is 2. The van der Waals surface area contributed by atoms with Gasteiger partial charge in [0, 0.05) is 37.5 Å². The highest BCUT2D eigenvalue weighted by atomic mass is 16.5. The number of aromatic amines is 1. The van der Waals surface area contributed by atoms with Gasteiger partial charge in [0.2, 0.25) is 5.95 Å². The summed E-state index contributed by atoms with van der Waals surface area (Å²) in [5.41, 5.74) is 3.82. The average Bonchev–Trinajstić information content (AvgIpc) is 3.15. The number of likely N-dealkylation sites (tertiary alicyclic amines) is 1. The Bertz CT molecular complexity index is 1230. The molecule has 2 N–H and O–H groups in total. The summed E-state index contributed by atoms with van der Waals surface area (Å²) in [6.07, 6.45) is 2.70. The molecule has 2 aromatic heterocycles. The minimum Gasteiger partial charge on any atom is -0.491 e. The maximum atomic E-state index is 13.2. The minimum atomic E-state index is -1.11. The molecule has 1 aromatic carbocycles. The number of anilines is 1. The Morgan fingerprint density at radius 2 is 1.94 bits per heavy atom. The van der Waals surface area contributed by atoms with E-state index in [1.165, 1.54) is 7.05 Å². The van der Waals surface area contributed by atoms with E-state index in [9.17, 15) is 14.7 Å². The van der Waals surface area contributed by atoms with Crippen LogP contribution in [0.2, 0.25) is 0 Å². The summed E-state index contributed by atoms with van der Waals surface area (Å²) in [6, 6.07) is 7.90. The Kier molecular flexibility index (Phi) is 5.72. The molecule has 1 fully saturated rings. The Morgan fingerprint density at radius 1 is 1.15 bits per heavy atom. The molecule has 0 saturated carbocycles. The number of H-pyrrole nitrogens is 1. The van der Waals surface area contributed by atoms with Crippen molar-refractivity contribution in [3.8, 4) is 16.9 Å². The topological polar surface area (TPSA) is 115 Å². The second-order valence-electron chi connectivity index (χ2n) is 9.04. The first-order valence-electron chi connectivity index (χ1n) is 11.5. The van der Waals surface area contributed by atoms with Gasteiger partial charge in [-0.25, -0.2) is 14.6 Å². The molecule has 0 spiro atoms. The quantitative estimate of drug-likeness (QED) is 0.596. The molecule has 10 nitrogen and oxygen atoms in total. The largest absolute Gasteiger partial charge is 0.491 e. The predicted molar refractivity (Wildman–Crippen MR) is 127 cm³/mol. The molecule has 0 bridgehead atoms. The molecule has 5 rings (SSSR count). The number of carboxylic acid groups (broad SMARTS) is 1. The molecule has 10 heteroatoms. The Hall–Kier alpha value is -3.82. The van der Waals surface area contributed by atoms with Crippen molar-refractivity contribution in [1.29, 1.82) is 0 Å². The lowest BCUT2D eigenvalue weighted by molar-refractivity contribution is 0.129. The van der Waals surface area contributed by atoms with Gasteiger partial charge >= 0.3 is 12.1 Å². The third kappa shape index (κ3) is 4.23. The van der Waals surface area contributed by atoms with Crippen molar-refractivity contribution >= 4 is 29.2 Å². The molecule has 0 radical (unpaired) electrons. The summed E-state index contributed by atoms with van der Waals surface area (Å²) in [5, 5.41) is 9.19. The predicted octanol–water partition coefficient (Wildman–Crippen LogP) is 3.79. The van der Waals surface area contributed by atoms with Crippen molar-refractivity contribution in [1.82, 2.24) is 24.8 Å². The molecular weight excluding hydrogens is 436 g/mol. The van der Waals surface area contributed by atoms with E-state index in [-0.39, 0.29) is 12.0 Å². The molecule has 0 unspecified atom stereocenters. The number of piperidine rings is 1. The van der Waals surface area contributed by atoms with Gasteiger partial charge in [-0.05, 0) is 42.5 Å². The number of amides is 3. The van der Waals surface area contributed by atoms with Gasteiger partial charge in [-0.1, -0.05) is 13.0 Å². The van der Waals surface area contributed by atoms with Crippen LogP contribution >= 0.6 is 0 Å². The Labute approximate surface area is 197 Å². The Morgan fingerprint density at radius 3 is 2.71 bits per heavy atom. The monoisotopic (exact) mass is 464 g/mol. The fourth-order valence-corrected chi connectivity index (χ4v) is 4.43. The van der Waals surface area contributed by atoms with E-state index in [4.69, 9.17) is 4.74 Å². The van der Waals surface area contributed by atoms with Gasteiger partial charge in [0.25, 0.3) is 0 Å². The van der Waals surface area contributed by atoms with Crippen LogP contribution in [0.15, 0.2) is 30.5 Å². The SMILES string of the molecule is CC1CCN(C(=O)N2CCOc3ccc(-c4cnc5nc(N(C)C(=O)O)[nH]c5c4)cc3C2)CC1. The number of imidazole rings is 1. The minimum absolute atomic E-state index is 0.0735. The van der Waals surface area contributed by atoms with E-state index in [2.05, 4.69) is 21.9 Å². The van der Waals surface area contributed by atoms with E-state index >= 15 is 0 Å². The fraction of sp³-hybridized carbons (Fsp3) is 0.417. The zero-order valence-corrected chi connectivity index (χ0v) is 19.3. The second kappa shape index (κ2) is 8.85. The molecule has 34 heavy (non-hydrogen) atoms. The first kappa shape index (κ1) is 22.0. The number of aromatic nitrogens is 3. The van der Waals surface area contributed by atoms with Crippen molar-refractivity contribution in [2.45, 2.75) is 26.3 Å². The van der Waals surface area contributed by atoms with Gasteiger partial charge < -0.3 is 24.6 Å². The first-order valence-corrected chi connectivity index (χ1v) is 11.5. The van der Waals surface area contributed by atoms with Crippen molar-refractivity contribution in [2.24, 2.45) is 5.92 Å². The van der Waals surface area contributed by atoms with Gasteiger partial charge in [0.05, 0.1) is 18.6 Å². The molecule has 4 heterocycles. The third-order valence-electron chi connectivity index (χ3n) is 6.63. The Balaban J connectivity index is 1.39. The van der Waals surface area contributed by atoms with Crippen molar-refractivity contribution in [3.05, 3.63) is 36.0 Å². The molecule has 2 aliphatic rings. The molecule has 3 aromatic rings. The van der Waals surface area contributed by atoms with Gasteiger partial charge in [0.15, 0.2) is 5.65 Å². The van der Waals surface area contributed by atoms with Crippen molar-refractivity contribution in [3.63, 3.8) is 0 Å². The number of carbonyl (C=O) groups excluding carboxylic acids is 1. The van der Waals surface area contributed by atoms with E-state index in [1.54, 1.807) is 6.20 Å². The van der Waals surface area contributed by atoms with Gasteiger partial charge in [-0.2, -0.15) is 4.98 Å². The smallest absolute Gasteiger partial charge is 0.413 e. The van der Waals surface area contributed by atoms with E-state index < -0.39 is 6.09 Å². The third-order valence-corrected chi connectivity index (χ3v) is 6.63. The summed E-state index contributed by atoms with van der Waals surface area (Å²) in [5.74, 6) is 1.66. The first-order chi connectivity index (χ1) is 16.4. The molecular formula is C24H28N6O4. The molecule has 0 aliphatic carbocycles. The molecule has 1 saturated heterocycles. The maximum absolute atomic E-state index is 13.2. The summed E-state index contributed by atoms with van der Waals surface area (Å²) in [7, 11) is 1.42. The highest BCUT2D eigenvalue weighted by molar-refractivity contribution is 5.87. The zero-order valence-electron chi connectivity index (χ0n) is 19.3. The van der Waals surface area contributed by atoms with Gasteiger partial charge in [0.1, 0.15) is 12.4 Å². The van der Waals surface area contributed by atoms with Crippen LogP contribution in [0.1, 0.15) is 25.3 Å². The number of carbonyl (C=O) groups is 2. The van der Waals surface area contributed by atoms with Crippen LogP contribution in [-0.4, -0.2) is 75.3 Å². The maximum Gasteiger partial charge on any atom is 0.413 e. The summed E-state index contributed by atoms with van der Waals surface area (Å²) in [6.45, 7) is 5.35. The lowest BCUT2D eigenvalue weighted by Gasteiger charge is -2.34. The van der Waals surface area contributed by atoms with E-state index in [0.717, 1.165) is 53.3 Å². The van der Waals surface area contributed by atoms with E-state index in [0.29, 0.717) is 36.8 Å². The average molecular weight is 465 g/mol. The standard InChI is InChI=1S/C24H28N6O4/c1-15-5-7-29(8-6-15)23(31)30-9-10-34-20-4-3-16(11-18(20)14-30)17-12-19-21(25-13-17)27-22(26-19)28(2)24(32)33/h3-4,11-13,15H,5-10,14H2,1-2H3,(H,32,33)(H,25,26,27). The highest BCUT2D eigenvalue weighted by Crippen LogP contribution is 2.31. The van der Waals surface area contributed by atoms with E-state index in [1.807, 2.05) is 34.1 Å². The number of fused-ring (bicyclic) bond motifs is 2. The zero-order chi connectivity index (χ0) is 23.8. The number of pyridine rings is 1. The summed E-state index contributed by atoms with van der Waals surface area (Å²) in [4.78, 5) is 40.9.